The van der Waals surface area contributed by atoms with Gasteiger partial charge in [-0.15, -0.1) is 0 Å². The third kappa shape index (κ3) is 4.98. The molecule has 0 radical (unpaired) electrons. The number of rotatable bonds is 6. The second-order valence-corrected chi connectivity index (χ2v) is 13.6. The number of anilines is 3. The van der Waals surface area contributed by atoms with E-state index >= 15 is 0 Å². The first-order valence-electron chi connectivity index (χ1n) is 18.0. The van der Waals surface area contributed by atoms with Crippen LogP contribution < -0.4 is 4.90 Å². The molecule has 0 aliphatic carbocycles. The zero-order valence-electron chi connectivity index (χ0n) is 28.9. The quantitative estimate of drug-likeness (QED) is 0.173. The lowest BCUT2D eigenvalue weighted by Crippen LogP contribution is -2.10. The van der Waals surface area contributed by atoms with Crippen molar-refractivity contribution in [3.8, 4) is 33.7 Å². The number of oxazole rings is 1. The predicted molar refractivity (Wildman–Crippen MR) is 220 cm³/mol. The molecule has 5 nitrogen and oxygen atoms in total. The van der Waals surface area contributed by atoms with Crippen molar-refractivity contribution in [2.24, 2.45) is 0 Å². The number of fused-ring (bicyclic) bond motifs is 7. The minimum absolute atomic E-state index is 0.599. The molecule has 0 fully saturated rings. The van der Waals surface area contributed by atoms with E-state index < -0.39 is 0 Å². The summed E-state index contributed by atoms with van der Waals surface area (Å²) >= 11 is 0. The SMILES string of the molecule is c1ccc(-c2ccc(N(c3ccc(-c4ccc5oc6cc7oc(-c8ccccc8)nc7cc6c5c4)cc3)c3cccc4oc5ccccc5c34)cc2)cc1. The maximum atomic E-state index is 6.33. The zero-order valence-corrected chi connectivity index (χ0v) is 28.9. The first-order chi connectivity index (χ1) is 26.7. The monoisotopic (exact) mass is 694 g/mol. The molecule has 254 valence electrons. The molecule has 0 saturated carbocycles. The van der Waals surface area contributed by atoms with E-state index in [2.05, 4.69) is 126 Å². The van der Waals surface area contributed by atoms with Gasteiger partial charge in [0.15, 0.2) is 5.58 Å². The molecular formula is C49H30N2O3. The molecule has 11 aromatic rings. The smallest absolute Gasteiger partial charge is 0.227 e. The lowest BCUT2D eigenvalue weighted by atomic mass is 10.0. The Bertz CT molecular complexity index is 3140. The molecule has 8 aromatic carbocycles. The van der Waals surface area contributed by atoms with Crippen LogP contribution in [0.4, 0.5) is 17.1 Å². The lowest BCUT2D eigenvalue weighted by Gasteiger charge is -2.26. The van der Waals surface area contributed by atoms with Gasteiger partial charge in [0.05, 0.1) is 11.1 Å². The Balaban J connectivity index is 1.00. The van der Waals surface area contributed by atoms with E-state index in [4.69, 9.17) is 18.2 Å². The standard InChI is InChI=1S/C49H30N2O3/c1-3-10-31(11-4-1)32-18-23-36(24-19-32)51(42-15-9-17-45-48(42)38-14-7-8-16-43(38)52-45)37-25-20-33(21-26-37)35-22-27-44-39(28-35)40-29-41-47(30-46(40)53-44)54-49(50-41)34-12-5-2-6-13-34/h1-30H. The summed E-state index contributed by atoms with van der Waals surface area (Å²) in [7, 11) is 0. The summed E-state index contributed by atoms with van der Waals surface area (Å²) in [5, 5.41) is 4.22. The maximum Gasteiger partial charge on any atom is 0.227 e. The van der Waals surface area contributed by atoms with Gasteiger partial charge in [0.2, 0.25) is 5.89 Å². The highest BCUT2D eigenvalue weighted by atomic mass is 16.4. The second kappa shape index (κ2) is 12.1. The summed E-state index contributed by atoms with van der Waals surface area (Å²) in [6.07, 6.45) is 0. The van der Waals surface area contributed by atoms with Gasteiger partial charge in [-0.05, 0) is 95.1 Å². The number of aromatic nitrogens is 1. The topological polar surface area (TPSA) is 55.6 Å². The number of furan rings is 2. The third-order valence-corrected chi connectivity index (χ3v) is 10.3. The molecule has 5 heteroatoms. The van der Waals surface area contributed by atoms with Crippen LogP contribution in [0.2, 0.25) is 0 Å². The maximum absolute atomic E-state index is 6.33. The summed E-state index contributed by atoms with van der Waals surface area (Å²) in [6.45, 7) is 0. The number of hydrogen-bond donors (Lipinski definition) is 0. The van der Waals surface area contributed by atoms with Crippen LogP contribution in [-0.4, -0.2) is 4.98 Å². The van der Waals surface area contributed by atoms with Crippen LogP contribution >= 0.6 is 0 Å². The molecule has 0 atom stereocenters. The van der Waals surface area contributed by atoms with E-state index in [0.717, 1.165) is 83.1 Å². The molecule has 0 spiro atoms. The molecular weight excluding hydrogens is 665 g/mol. The fourth-order valence-corrected chi connectivity index (χ4v) is 7.69. The number of para-hydroxylation sites is 1. The first-order valence-corrected chi connectivity index (χ1v) is 18.0. The van der Waals surface area contributed by atoms with Gasteiger partial charge in [0.25, 0.3) is 0 Å². The van der Waals surface area contributed by atoms with Crippen LogP contribution in [0.3, 0.4) is 0 Å². The summed E-state index contributed by atoms with van der Waals surface area (Å²) < 4.78 is 18.8. The molecule has 0 bridgehead atoms. The van der Waals surface area contributed by atoms with Crippen LogP contribution in [0.25, 0.3) is 88.7 Å². The van der Waals surface area contributed by atoms with Crippen LogP contribution in [-0.2, 0) is 0 Å². The van der Waals surface area contributed by atoms with Gasteiger partial charge in [0.1, 0.15) is 27.8 Å². The van der Waals surface area contributed by atoms with Gasteiger partial charge in [-0.3, -0.25) is 0 Å². The van der Waals surface area contributed by atoms with Crippen LogP contribution in [0.1, 0.15) is 0 Å². The summed E-state index contributed by atoms with van der Waals surface area (Å²) in [5.74, 6) is 0.599. The molecule has 0 amide bonds. The molecule has 11 rings (SSSR count). The molecule has 0 unspecified atom stereocenters. The van der Waals surface area contributed by atoms with Gasteiger partial charge in [-0.2, -0.15) is 0 Å². The van der Waals surface area contributed by atoms with Crippen LogP contribution in [0, 0.1) is 0 Å². The minimum Gasteiger partial charge on any atom is -0.456 e. The average molecular weight is 695 g/mol. The van der Waals surface area contributed by atoms with Crippen molar-refractivity contribution in [2.75, 3.05) is 4.90 Å². The average Bonchev–Trinajstić information content (AvgIpc) is 3.94. The Morgan fingerprint density at radius 3 is 1.69 bits per heavy atom. The molecule has 3 aromatic heterocycles. The molecule has 0 aliphatic heterocycles. The minimum atomic E-state index is 0.599. The summed E-state index contributed by atoms with van der Waals surface area (Å²) in [6, 6.07) is 63.0. The Labute approximate surface area is 309 Å². The second-order valence-electron chi connectivity index (χ2n) is 13.6. The Hall–Kier alpha value is -7.37. The van der Waals surface area contributed by atoms with Crippen molar-refractivity contribution in [2.45, 2.75) is 0 Å². The van der Waals surface area contributed by atoms with E-state index in [1.165, 1.54) is 11.1 Å². The van der Waals surface area contributed by atoms with E-state index in [9.17, 15) is 0 Å². The highest BCUT2D eigenvalue weighted by Gasteiger charge is 2.20. The fourth-order valence-electron chi connectivity index (χ4n) is 7.69. The third-order valence-electron chi connectivity index (χ3n) is 10.3. The van der Waals surface area contributed by atoms with Gasteiger partial charge >= 0.3 is 0 Å². The Morgan fingerprint density at radius 1 is 0.352 bits per heavy atom. The van der Waals surface area contributed by atoms with Gasteiger partial charge in [-0.25, -0.2) is 4.98 Å². The van der Waals surface area contributed by atoms with Crippen molar-refractivity contribution < 1.29 is 13.3 Å². The first kappa shape index (κ1) is 30.3. The van der Waals surface area contributed by atoms with Gasteiger partial charge < -0.3 is 18.2 Å². The molecule has 54 heavy (non-hydrogen) atoms. The molecule has 0 N–H and O–H groups in total. The number of benzene rings is 8. The predicted octanol–water partition coefficient (Wildman–Crippen LogP) is 14.1. The summed E-state index contributed by atoms with van der Waals surface area (Å²) in [4.78, 5) is 7.13. The van der Waals surface area contributed by atoms with E-state index in [1.807, 2.05) is 60.7 Å². The number of hydrogen-bond acceptors (Lipinski definition) is 5. The fraction of sp³-hybridized carbons (Fsp3) is 0. The van der Waals surface area contributed by atoms with Crippen molar-refractivity contribution in [1.82, 2.24) is 4.98 Å². The largest absolute Gasteiger partial charge is 0.456 e. The molecule has 0 saturated heterocycles. The van der Waals surface area contributed by atoms with E-state index in [1.54, 1.807) is 0 Å². The molecule has 3 heterocycles. The highest BCUT2D eigenvalue weighted by Crippen LogP contribution is 2.44. The van der Waals surface area contributed by atoms with Crippen LogP contribution in [0.5, 0.6) is 0 Å². The van der Waals surface area contributed by atoms with Crippen molar-refractivity contribution in [1.29, 1.82) is 0 Å². The Morgan fingerprint density at radius 2 is 0.926 bits per heavy atom. The van der Waals surface area contributed by atoms with Gasteiger partial charge in [-0.1, -0.05) is 103 Å². The Kier molecular flexibility index (Phi) is 6.79. The van der Waals surface area contributed by atoms with Crippen molar-refractivity contribution in [3.63, 3.8) is 0 Å². The number of nitrogens with zero attached hydrogens (tertiary/aromatic N) is 2. The lowest BCUT2D eigenvalue weighted by molar-refractivity contribution is 0.617. The summed E-state index contributed by atoms with van der Waals surface area (Å²) in [5.41, 5.74) is 13.5. The molecule has 0 aliphatic rings. The van der Waals surface area contributed by atoms with Crippen molar-refractivity contribution in [3.05, 3.63) is 182 Å². The van der Waals surface area contributed by atoms with Gasteiger partial charge in [0, 0.05) is 39.2 Å². The highest BCUT2D eigenvalue weighted by molar-refractivity contribution is 6.13. The normalized spacial score (nSPS) is 11.7. The zero-order chi connectivity index (χ0) is 35.6. The van der Waals surface area contributed by atoms with E-state index in [0.29, 0.717) is 11.5 Å². The van der Waals surface area contributed by atoms with E-state index in [-0.39, 0.29) is 0 Å². The van der Waals surface area contributed by atoms with Crippen molar-refractivity contribution >= 4 is 72.0 Å². The van der Waals surface area contributed by atoms with Crippen LogP contribution in [0.15, 0.2) is 195 Å².